The van der Waals surface area contributed by atoms with Crippen molar-refractivity contribution in [1.29, 1.82) is 0 Å². The third-order valence-electron chi connectivity index (χ3n) is 4.31. The molecule has 0 aromatic heterocycles. The molecule has 3 aliphatic carbocycles. The molecular weight excluding hydrogens is 180 g/mol. The van der Waals surface area contributed by atoms with Crippen LogP contribution < -0.4 is 0 Å². The molecule has 3 rings (SSSR count). The van der Waals surface area contributed by atoms with Crippen molar-refractivity contribution in [1.82, 2.24) is 0 Å². The first-order chi connectivity index (χ1) is 6.63. The fourth-order valence-corrected chi connectivity index (χ4v) is 3.11. The van der Waals surface area contributed by atoms with Gasteiger partial charge >= 0.3 is 5.97 Å². The van der Waals surface area contributed by atoms with Crippen molar-refractivity contribution >= 4 is 5.97 Å². The highest BCUT2D eigenvalue weighted by molar-refractivity contribution is 5.75. The average Bonchev–Trinajstić information content (AvgIpc) is 2.20. The molecule has 0 aromatic carbocycles. The molecule has 0 saturated heterocycles. The van der Waals surface area contributed by atoms with Crippen molar-refractivity contribution in [2.45, 2.75) is 38.5 Å². The van der Waals surface area contributed by atoms with E-state index in [4.69, 9.17) is 4.74 Å². The first kappa shape index (κ1) is 9.97. The maximum Gasteiger partial charge on any atom is 0.309 e. The van der Waals surface area contributed by atoms with E-state index in [-0.39, 0.29) is 5.41 Å². The minimum atomic E-state index is -0.580. The van der Waals surface area contributed by atoms with Gasteiger partial charge < -0.3 is 9.84 Å². The summed E-state index contributed by atoms with van der Waals surface area (Å²) in [7, 11) is 1.74. The lowest BCUT2D eigenvalue weighted by Crippen LogP contribution is -2.47. The summed E-state index contributed by atoms with van der Waals surface area (Å²) in [5, 5.41) is 9.20. The number of hydrogen-bond acceptors (Lipinski definition) is 2. The molecule has 3 aliphatic rings. The normalized spacial score (nSPS) is 41.2. The molecule has 80 valence electrons. The predicted octanol–water partition coefficient (Wildman–Crippen LogP) is 2.06. The number of carbonyl (C=O) groups is 1. The van der Waals surface area contributed by atoms with Crippen molar-refractivity contribution in [3.05, 3.63) is 0 Å². The van der Waals surface area contributed by atoms with Crippen LogP contribution in [0.4, 0.5) is 0 Å². The van der Waals surface area contributed by atoms with E-state index in [1.807, 2.05) is 0 Å². The van der Waals surface area contributed by atoms with Gasteiger partial charge in [0.2, 0.25) is 0 Å². The zero-order chi connectivity index (χ0) is 10.2. The predicted molar refractivity (Wildman–Crippen MR) is 52.1 cm³/mol. The van der Waals surface area contributed by atoms with Gasteiger partial charge in [0.1, 0.15) is 0 Å². The van der Waals surface area contributed by atoms with E-state index in [2.05, 4.69) is 0 Å². The van der Waals surface area contributed by atoms with Gasteiger partial charge in [0, 0.05) is 7.11 Å². The fourth-order valence-electron chi connectivity index (χ4n) is 3.11. The molecule has 0 heterocycles. The Morgan fingerprint density at radius 2 is 1.71 bits per heavy atom. The maximum atomic E-state index is 11.2. The van der Waals surface area contributed by atoms with Gasteiger partial charge in [-0.2, -0.15) is 0 Å². The molecule has 1 N–H and O–H groups in total. The molecule has 0 aliphatic heterocycles. The van der Waals surface area contributed by atoms with E-state index in [0.717, 1.165) is 45.1 Å². The first-order valence-corrected chi connectivity index (χ1v) is 5.35. The molecule has 3 heteroatoms. The summed E-state index contributed by atoms with van der Waals surface area (Å²) in [4.78, 5) is 11.2. The summed E-state index contributed by atoms with van der Waals surface area (Å²) >= 11 is 0. The summed E-state index contributed by atoms with van der Waals surface area (Å²) in [6.45, 7) is 0.808. The molecule has 0 unspecified atom stereocenters. The third-order valence-corrected chi connectivity index (χ3v) is 4.31. The van der Waals surface area contributed by atoms with Crippen molar-refractivity contribution in [2.75, 3.05) is 13.7 Å². The number of hydrogen-bond donors (Lipinski definition) is 1. The summed E-state index contributed by atoms with van der Waals surface area (Å²) in [6.07, 6.45) is 5.66. The van der Waals surface area contributed by atoms with Crippen LogP contribution >= 0.6 is 0 Å². The molecule has 0 radical (unpaired) electrons. The molecule has 14 heavy (non-hydrogen) atoms. The largest absolute Gasteiger partial charge is 0.481 e. The second-order valence-corrected chi connectivity index (χ2v) is 5.02. The number of fused-ring (bicyclic) bond motifs is 3. The molecule has 2 bridgehead atoms. The van der Waals surface area contributed by atoms with Crippen LogP contribution in [0.15, 0.2) is 0 Å². The Kier molecular flexibility index (Phi) is 2.30. The van der Waals surface area contributed by atoms with Crippen molar-refractivity contribution < 1.29 is 14.6 Å². The highest BCUT2D eigenvalue weighted by atomic mass is 16.5. The van der Waals surface area contributed by atoms with Crippen LogP contribution in [0, 0.1) is 10.8 Å². The molecule has 3 fully saturated rings. The lowest BCUT2D eigenvalue weighted by molar-refractivity contribution is -0.160. The SMILES string of the molecule is COCC12CCC(C(=O)O)(CC1)CC2. The molecular formula is C11H18O3. The Balaban J connectivity index is 2.09. The van der Waals surface area contributed by atoms with Gasteiger partial charge in [-0.3, -0.25) is 4.79 Å². The summed E-state index contributed by atoms with van der Waals surface area (Å²) in [6, 6.07) is 0. The summed E-state index contributed by atoms with van der Waals surface area (Å²) < 4.78 is 5.25. The van der Waals surface area contributed by atoms with Crippen LogP contribution in [0.3, 0.4) is 0 Å². The zero-order valence-electron chi connectivity index (χ0n) is 8.71. The minimum Gasteiger partial charge on any atom is -0.481 e. The van der Waals surface area contributed by atoms with Gasteiger partial charge in [-0.05, 0) is 43.9 Å². The van der Waals surface area contributed by atoms with Crippen LogP contribution in [0.1, 0.15) is 38.5 Å². The van der Waals surface area contributed by atoms with Crippen molar-refractivity contribution in [3.63, 3.8) is 0 Å². The second kappa shape index (κ2) is 3.23. The Morgan fingerprint density at radius 1 is 1.21 bits per heavy atom. The van der Waals surface area contributed by atoms with Gasteiger partial charge in [0.15, 0.2) is 0 Å². The van der Waals surface area contributed by atoms with Gasteiger partial charge in [-0.15, -0.1) is 0 Å². The van der Waals surface area contributed by atoms with E-state index in [9.17, 15) is 9.90 Å². The maximum absolute atomic E-state index is 11.2. The highest BCUT2D eigenvalue weighted by Gasteiger charge is 2.52. The van der Waals surface area contributed by atoms with Crippen LogP contribution in [0.25, 0.3) is 0 Å². The quantitative estimate of drug-likeness (QED) is 0.755. The Morgan fingerprint density at radius 3 is 2.07 bits per heavy atom. The Labute approximate surface area is 84.4 Å². The lowest BCUT2D eigenvalue weighted by Gasteiger charge is -2.51. The number of methoxy groups -OCH3 is 1. The van der Waals surface area contributed by atoms with E-state index in [1.165, 1.54) is 0 Å². The van der Waals surface area contributed by atoms with E-state index in [0.29, 0.717) is 5.41 Å². The van der Waals surface area contributed by atoms with Crippen LogP contribution in [-0.4, -0.2) is 24.8 Å². The summed E-state index contributed by atoms with van der Waals surface area (Å²) in [5.41, 5.74) is -0.0680. The van der Waals surface area contributed by atoms with E-state index < -0.39 is 5.97 Å². The third kappa shape index (κ3) is 1.34. The van der Waals surface area contributed by atoms with Gasteiger partial charge in [-0.1, -0.05) is 0 Å². The number of carboxylic acids is 1. The molecule has 0 atom stereocenters. The molecule has 3 nitrogen and oxygen atoms in total. The van der Waals surface area contributed by atoms with Crippen molar-refractivity contribution in [3.8, 4) is 0 Å². The second-order valence-electron chi connectivity index (χ2n) is 5.02. The van der Waals surface area contributed by atoms with E-state index >= 15 is 0 Å². The number of ether oxygens (including phenoxy) is 1. The zero-order valence-corrected chi connectivity index (χ0v) is 8.71. The number of aliphatic carboxylic acids is 1. The van der Waals surface area contributed by atoms with Gasteiger partial charge in [0.05, 0.1) is 12.0 Å². The monoisotopic (exact) mass is 198 g/mol. The summed E-state index contributed by atoms with van der Waals surface area (Å²) in [5.74, 6) is -0.580. The lowest BCUT2D eigenvalue weighted by atomic mass is 9.54. The fraction of sp³-hybridized carbons (Fsp3) is 0.909. The van der Waals surface area contributed by atoms with Crippen molar-refractivity contribution in [2.24, 2.45) is 10.8 Å². The molecule has 0 aromatic rings. The van der Waals surface area contributed by atoms with E-state index in [1.54, 1.807) is 7.11 Å². The average molecular weight is 198 g/mol. The standard InChI is InChI=1S/C11H18O3/c1-14-8-10-2-5-11(6-3-10,7-4-10)9(12)13/h2-8H2,1H3,(H,12,13). The number of carboxylic acid groups (broad SMARTS) is 1. The highest BCUT2D eigenvalue weighted by Crippen LogP contribution is 2.56. The van der Waals surface area contributed by atoms with Gasteiger partial charge in [0.25, 0.3) is 0 Å². The van der Waals surface area contributed by atoms with Crippen LogP contribution in [0.5, 0.6) is 0 Å². The Bertz CT molecular complexity index is 222. The van der Waals surface area contributed by atoms with Crippen LogP contribution in [-0.2, 0) is 9.53 Å². The minimum absolute atomic E-state index is 0.311. The Hall–Kier alpha value is -0.570. The number of rotatable bonds is 3. The molecule has 0 amide bonds. The van der Waals surface area contributed by atoms with Crippen LogP contribution in [0.2, 0.25) is 0 Å². The molecule has 3 saturated carbocycles. The topological polar surface area (TPSA) is 46.5 Å². The smallest absolute Gasteiger partial charge is 0.309 e. The van der Waals surface area contributed by atoms with Gasteiger partial charge in [-0.25, -0.2) is 0 Å². The molecule has 0 spiro atoms. The first-order valence-electron chi connectivity index (χ1n) is 5.35.